The van der Waals surface area contributed by atoms with Gasteiger partial charge in [0.2, 0.25) is 5.03 Å². The maximum atomic E-state index is 11.4. The first-order chi connectivity index (χ1) is 8.10. The summed E-state index contributed by atoms with van der Waals surface area (Å²) < 4.78 is 46.4. The number of hydrogen-bond donors (Lipinski definition) is 2. The number of hydrogen-bond acceptors (Lipinski definition) is 7. The van der Waals surface area contributed by atoms with Crippen LogP contribution in [0.15, 0.2) is 16.5 Å². The molecule has 0 atom stereocenters. The van der Waals surface area contributed by atoms with Crippen molar-refractivity contribution >= 4 is 31.2 Å². The van der Waals surface area contributed by atoms with Crippen molar-refractivity contribution in [2.75, 3.05) is 0 Å². The fourth-order valence-electron chi connectivity index (χ4n) is 1.33. The fourth-order valence-corrected chi connectivity index (χ4v) is 2.54. The van der Waals surface area contributed by atoms with Crippen LogP contribution in [0.2, 0.25) is 0 Å². The average Bonchev–Trinajstić information content (AvgIpc) is 2.56. The second kappa shape index (κ2) is 3.68. The van der Waals surface area contributed by atoms with Gasteiger partial charge in [-0.15, -0.1) is 0 Å². The Morgan fingerprint density at radius 1 is 1.11 bits per heavy atom. The number of aryl methyl sites for hydroxylation is 1. The molecule has 0 radical (unpaired) electrons. The first-order valence-corrected chi connectivity index (χ1v) is 7.44. The lowest BCUT2D eigenvalue weighted by Gasteiger charge is -2.03. The molecule has 0 aliphatic heterocycles. The van der Waals surface area contributed by atoms with Crippen molar-refractivity contribution in [3.8, 4) is 0 Å². The number of nitrogens with two attached hydrogens (primary N) is 2. The van der Waals surface area contributed by atoms with Crippen LogP contribution < -0.4 is 10.3 Å². The molecule has 2 aromatic heterocycles. The number of imidazole rings is 1. The van der Waals surface area contributed by atoms with E-state index < -0.39 is 30.2 Å². The summed E-state index contributed by atoms with van der Waals surface area (Å²) in [5.41, 5.74) is -0.120. The monoisotopic (exact) mass is 292 g/mol. The van der Waals surface area contributed by atoms with Gasteiger partial charge in [-0.05, 0) is 0 Å². The molecule has 2 aromatic rings. The zero-order valence-electron chi connectivity index (χ0n) is 8.97. The summed E-state index contributed by atoms with van der Waals surface area (Å²) in [7, 11) is -7.01. The van der Waals surface area contributed by atoms with Gasteiger partial charge in [-0.2, -0.15) is 4.98 Å². The SMILES string of the molecule is Cn1cnc2nc(S(N)(=O)=O)nc(S(N)(=O)=O)c21. The predicted octanol–water partition coefficient (Wildman–Crippen LogP) is -2.34. The topological polar surface area (TPSA) is 164 Å². The Morgan fingerprint density at radius 3 is 2.22 bits per heavy atom. The van der Waals surface area contributed by atoms with E-state index in [0.717, 1.165) is 0 Å². The molecule has 0 aromatic carbocycles. The predicted molar refractivity (Wildman–Crippen MR) is 59.1 cm³/mol. The highest BCUT2D eigenvalue weighted by Crippen LogP contribution is 2.18. The normalized spacial score (nSPS) is 13.1. The van der Waals surface area contributed by atoms with Gasteiger partial charge < -0.3 is 4.57 Å². The molecular weight excluding hydrogens is 284 g/mol. The van der Waals surface area contributed by atoms with Crippen LogP contribution in [0.5, 0.6) is 0 Å². The molecule has 18 heavy (non-hydrogen) atoms. The van der Waals surface area contributed by atoms with Gasteiger partial charge in [-0.3, -0.25) is 0 Å². The molecular formula is C6H8N6O4S2. The Kier molecular flexibility index (Phi) is 2.62. The molecule has 10 nitrogen and oxygen atoms in total. The van der Waals surface area contributed by atoms with Crippen LogP contribution in [0.25, 0.3) is 11.2 Å². The average molecular weight is 292 g/mol. The third-order valence-electron chi connectivity index (χ3n) is 2.04. The van der Waals surface area contributed by atoms with E-state index in [1.165, 1.54) is 17.9 Å². The summed E-state index contributed by atoms with van der Waals surface area (Å²) in [5.74, 6) is 0. The molecule has 4 N–H and O–H groups in total. The van der Waals surface area contributed by atoms with Crippen molar-refractivity contribution in [2.24, 2.45) is 17.3 Å². The summed E-state index contributed by atoms with van der Waals surface area (Å²) in [6.45, 7) is 0. The first-order valence-electron chi connectivity index (χ1n) is 4.35. The van der Waals surface area contributed by atoms with Crippen molar-refractivity contribution < 1.29 is 16.8 Å². The van der Waals surface area contributed by atoms with E-state index in [-0.39, 0.29) is 11.2 Å². The standard InChI is InChI=1S/C6H8N6O4S2/c1-12-2-9-4-3(12)5(17(7,13)14)11-6(10-4)18(8,15)16/h2H,1H3,(H2,7,13,14)(H2,8,15,16). The van der Waals surface area contributed by atoms with Gasteiger partial charge in [0.1, 0.15) is 5.52 Å². The molecule has 0 fully saturated rings. The van der Waals surface area contributed by atoms with Crippen molar-refractivity contribution in [1.29, 1.82) is 0 Å². The van der Waals surface area contributed by atoms with Crippen LogP contribution in [0.4, 0.5) is 0 Å². The highest BCUT2D eigenvalue weighted by Gasteiger charge is 2.24. The van der Waals surface area contributed by atoms with Gasteiger partial charge in [0.05, 0.1) is 6.33 Å². The van der Waals surface area contributed by atoms with Crippen molar-refractivity contribution in [3.05, 3.63) is 6.33 Å². The molecule has 0 amide bonds. The van der Waals surface area contributed by atoms with E-state index in [4.69, 9.17) is 10.3 Å². The van der Waals surface area contributed by atoms with Gasteiger partial charge in [0, 0.05) is 7.05 Å². The summed E-state index contributed by atoms with van der Waals surface area (Å²) >= 11 is 0. The molecule has 12 heteroatoms. The third kappa shape index (κ3) is 2.05. The van der Waals surface area contributed by atoms with E-state index in [9.17, 15) is 16.8 Å². The highest BCUT2D eigenvalue weighted by atomic mass is 32.2. The van der Waals surface area contributed by atoms with E-state index in [1.54, 1.807) is 0 Å². The zero-order valence-corrected chi connectivity index (χ0v) is 10.6. The molecule has 0 aliphatic rings. The van der Waals surface area contributed by atoms with E-state index in [1.807, 2.05) is 0 Å². The lowest BCUT2D eigenvalue weighted by atomic mass is 10.5. The minimum absolute atomic E-state index is 0.00454. The van der Waals surface area contributed by atoms with Gasteiger partial charge in [-0.1, -0.05) is 0 Å². The van der Waals surface area contributed by atoms with E-state index in [0.29, 0.717) is 0 Å². The summed E-state index contributed by atoms with van der Waals surface area (Å²) in [6.07, 6.45) is 1.25. The van der Waals surface area contributed by atoms with Gasteiger partial charge >= 0.3 is 0 Å². The lowest BCUT2D eigenvalue weighted by molar-refractivity contribution is 0.582. The maximum absolute atomic E-state index is 11.4. The molecule has 0 spiro atoms. The summed E-state index contributed by atoms with van der Waals surface area (Å²) in [4.78, 5) is 10.7. The Hall–Kier alpha value is -1.63. The van der Waals surface area contributed by atoms with Crippen molar-refractivity contribution in [1.82, 2.24) is 19.5 Å². The lowest BCUT2D eigenvalue weighted by Crippen LogP contribution is -2.21. The van der Waals surface area contributed by atoms with Crippen molar-refractivity contribution in [3.63, 3.8) is 0 Å². The van der Waals surface area contributed by atoms with Gasteiger partial charge in [-0.25, -0.2) is 37.1 Å². The smallest absolute Gasteiger partial charge is 0.273 e. The molecule has 0 saturated carbocycles. The second-order valence-corrected chi connectivity index (χ2v) is 6.36. The summed E-state index contributed by atoms with van der Waals surface area (Å²) in [6, 6.07) is 0. The molecule has 0 saturated heterocycles. The number of aromatic nitrogens is 4. The zero-order chi connectivity index (χ0) is 13.7. The number of rotatable bonds is 2. The van der Waals surface area contributed by atoms with Crippen LogP contribution >= 0.6 is 0 Å². The quantitative estimate of drug-likeness (QED) is 0.462. The van der Waals surface area contributed by atoms with Crippen LogP contribution in [0, 0.1) is 0 Å². The number of fused-ring (bicyclic) bond motifs is 1. The second-order valence-electron chi connectivity index (χ2n) is 3.43. The number of primary sulfonamides is 2. The van der Waals surface area contributed by atoms with Gasteiger partial charge in [0.15, 0.2) is 5.65 Å². The van der Waals surface area contributed by atoms with Crippen LogP contribution in [-0.4, -0.2) is 36.4 Å². The molecule has 98 valence electrons. The molecule has 0 aliphatic carbocycles. The minimum Gasteiger partial charge on any atom is -0.330 e. The van der Waals surface area contributed by atoms with Crippen LogP contribution in [-0.2, 0) is 27.1 Å². The first kappa shape index (κ1) is 12.8. The molecule has 2 rings (SSSR count). The Labute approximate surface area is 102 Å². The van der Waals surface area contributed by atoms with Crippen LogP contribution in [0.3, 0.4) is 0 Å². The van der Waals surface area contributed by atoms with Crippen LogP contribution in [0.1, 0.15) is 0 Å². The molecule has 2 heterocycles. The Morgan fingerprint density at radius 2 is 1.72 bits per heavy atom. The Bertz CT molecular complexity index is 836. The minimum atomic E-state index is -4.26. The Balaban J connectivity index is 3.02. The van der Waals surface area contributed by atoms with E-state index in [2.05, 4.69) is 15.0 Å². The summed E-state index contributed by atoms with van der Waals surface area (Å²) in [5, 5.41) is 8.32. The fraction of sp³-hybridized carbons (Fsp3) is 0.167. The highest BCUT2D eigenvalue weighted by molar-refractivity contribution is 7.89. The third-order valence-corrected chi connectivity index (χ3v) is 3.56. The number of nitrogens with zero attached hydrogens (tertiary/aromatic N) is 4. The van der Waals surface area contributed by atoms with Crippen molar-refractivity contribution in [2.45, 2.75) is 10.2 Å². The largest absolute Gasteiger partial charge is 0.330 e. The maximum Gasteiger partial charge on any atom is 0.273 e. The molecule has 0 bridgehead atoms. The molecule has 0 unspecified atom stereocenters. The van der Waals surface area contributed by atoms with E-state index >= 15 is 0 Å². The van der Waals surface area contributed by atoms with Gasteiger partial charge in [0.25, 0.3) is 25.2 Å². The number of sulfonamides is 2.